The molecule has 0 aliphatic carbocycles. The largest absolute Gasteiger partial charge is 0.484 e. The summed E-state index contributed by atoms with van der Waals surface area (Å²) >= 11 is 0. The molecule has 132 valence electrons. The van der Waals surface area contributed by atoms with Crippen molar-refractivity contribution in [3.05, 3.63) is 65.2 Å². The van der Waals surface area contributed by atoms with E-state index in [-0.39, 0.29) is 6.61 Å². The van der Waals surface area contributed by atoms with E-state index in [1.165, 1.54) is 29.5 Å². The van der Waals surface area contributed by atoms with Crippen molar-refractivity contribution in [1.82, 2.24) is 4.90 Å². The van der Waals surface area contributed by atoms with Gasteiger partial charge in [0.25, 0.3) is 5.91 Å². The summed E-state index contributed by atoms with van der Waals surface area (Å²) in [4.78, 5) is 13.4. The Morgan fingerprint density at radius 1 is 1.24 bits per heavy atom. The van der Waals surface area contributed by atoms with Crippen LogP contribution in [0.15, 0.2) is 48.5 Å². The van der Waals surface area contributed by atoms with E-state index < -0.39 is 5.91 Å². The number of piperidine rings is 1. The Morgan fingerprint density at radius 2 is 2.08 bits per heavy atom. The first kappa shape index (κ1) is 17.5. The lowest BCUT2D eigenvalue weighted by atomic mass is 9.89. The number of amides is 1. The van der Waals surface area contributed by atoms with Crippen LogP contribution in [-0.2, 0) is 11.3 Å². The maximum atomic E-state index is 10.9. The average molecular weight is 338 g/mol. The van der Waals surface area contributed by atoms with E-state index in [1.807, 2.05) is 18.2 Å². The van der Waals surface area contributed by atoms with Crippen molar-refractivity contribution in [2.24, 2.45) is 5.73 Å². The molecule has 2 N–H and O–H groups in total. The summed E-state index contributed by atoms with van der Waals surface area (Å²) in [5.41, 5.74) is 9.11. The Labute approximate surface area is 149 Å². The SMILES string of the molecule is Cc1cccc(C2CCCN(Cc3cccc(OCC(N)=O)c3)C2)c1. The number of nitrogens with zero attached hydrogens (tertiary/aromatic N) is 1. The first-order chi connectivity index (χ1) is 12.1. The molecule has 1 amide bonds. The number of hydrogen-bond donors (Lipinski definition) is 1. The lowest BCUT2D eigenvalue weighted by Crippen LogP contribution is -2.33. The topological polar surface area (TPSA) is 55.6 Å². The summed E-state index contributed by atoms with van der Waals surface area (Å²) in [6.07, 6.45) is 2.47. The summed E-state index contributed by atoms with van der Waals surface area (Å²) in [6, 6.07) is 16.8. The number of aryl methyl sites for hydroxylation is 1. The Bertz CT molecular complexity index is 729. The van der Waals surface area contributed by atoms with E-state index in [1.54, 1.807) is 0 Å². The van der Waals surface area contributed by atoms with E-state index in [0.717, 1.165) is 19.6 Å². The third-order valence-electron chi connectivity index (χ3n) is 4.70. The quantitative estimate of drug-likeness (QED) is 0.880. The van der Waals surface area contributed by atoms with Gasteiger partial charge in [-0.25, -0.2) is 0 Å². The summed E-state index contributed by atoms with van der Waals surface area (Å²) < 4.78 is 5.41. The van der Waals surface area contributed by atoms with Gasteiger partial charge in [-0.15, -0.1) is 0 Å². The Hall–Kier alpha value is -2.33. The third-order valence-corrected chi connectivity index (χ3v) is 4.70. The Morgan fingerprint density at radius 3 is 2.88 bits per heavy atom. The Balaban J connectivity index is 1.62. The highest BCUT2D eigenvalue weighted by Gasteiger charge is 2.21. The lowest BCUT2D eigenvalue weighted by Gasteiger charge is -2.33. The molecular weight excluding hydrogens is 312 g/mol. The molecule has 1 aliphatic heterocycles. The molecule has 4 heteroatoms. The highest BCUT2D eigenvalue weighted by atomic mass is 16.5. The summed E-state index contributed by atoms with van der Waals surface area (Å²) in [6.45, 7) is 5.17. The second kappa shape index (κ2) is 8.17. The number of primary amides is 1. The fourth-order valence-electron chi connectivity index (χ4n) is 3.54. The number of rotatable bonds is 6. The van der Waals surface area contributed by atoms with Gasteiger partial charge in [0, 0.05) is 13.1 Å². The molecular formula is C21H26N2O2. The van der Waals surface area contributed by atoms with Gasteiger partial charge in [0.2, 0.25) is 0 Å². The molecule has 2 aromatic rings. The number of nitrogens with two attached hydrogens (primary N) is 1. The second-order valence-electron chi connectivity index (χ2n) is 6.89. The van der Waals surface area contributed by atoms with E-state index in [2.05, 4.69) is 42.2 Å². The fraction of sp³-hybridized carbons (Fsp3) is 0.381. The van der Waals surface area contributed by atoms with E-state index in [9.17, 15) is 4.79 Å². The zero-order valence-electron chi connectivity index (χ0n) is 14.8. The van der Waals surface area contributed by atoms with Gasteiger partial charge in [0.1, 0.15) is 5.75 Å². The molecule has 1 fully saturated rings. The summed E-state index contributed by atoms with van der Waals surface area (Å²) in [5.74, 6) is 0.842. The fourth-order valence-corrected chi connectivity index (χ4v) is 3.54. The molecule has 1 aliphatic rings. The van der Waals surface area contributed by atoms with Gasteiger partial charge in [0.15, 0.2) is 6.61 Å². The molecule has 0 bridgehead atoms. The van der Waals surface area contributed by atoms with Gasteiger partial charge in [0.05, 0.1) is 0 Å². The summed E-state index contributed by atoms with van der Waals surface area (Å²) in [7, 11) is 0. The minimum absolute atomic E-state index is 0.0808. The molecule has 1 atom stereocenters. The second-order valence-corrected chi connectivity index (χ2v) is 6.89. The molecule has 1 heterocycles. The number of carbonyl (C=O) groups is 1. The molecule has 1 unspecified atom stereocenters. The van der Waals surface area contributed by atoms with Crippen molar-refractivity contribution < 1.29 is 9.53 Å². The van der Waals surface area contributed by atoms with E-state index in [4.69, 9.17) is 10.5 Å². The van der Waals surface area contributed by atoms with Crippen LogP contribution >= 0.6 is 0 Å². The van der Waals surface area contributed by atoms with Gasteiger partial charge in [-0.2, -0.15) is 0 Å². The minimum Gasteiger partial charge on any atom is -0.484 e. The lowest BCUT2D eigenvalue weighted by molar-refractivity contribution is -0.119. The molecule has 4 nitrogen and oxygen atoms in total. The van der Waals surface area contributed by atoms with Crippen molar-refractivity contribution in [3.63, 3.8) is 0 Å². The maximum absolute atomic E-state index is 10.9. The van der Waals surface area contributed by atoms with Crippen LogP contribution < -0.4 is 10.5 Å². The third kappa shape index (κ3) is 5.07. The highest BCUT2D eigenvalue weighted by molar-refractivity contribution is 5.75. The molecule has 0 aromatic heterocycles. The van der Waals surface area contributed by atoms with Gasteiger partial charge < -0.3 is 10.5 Å². The zero-order chi connectivity index (χ0) is 17.6. The van der Waals surface area contributed by atoms with Gasteiger partial charge in [-0.05, 0) is 55.5 Å². The predicted octanol–water partition coefficient (Wildman–Crippen LogP) is 3.24. The maximum Gasteiger partial charge on any atom is 0.255 e. The molecule has 2 aromatic carbocycles. The normalized spacial score (nSPS) is 18.0. The number of benzene rings is 2. The molecule has 0 radical (unpaired) electrons. The van der Waals surface area contributed by atoms with Crippen molar-refractivity contribution in [2.75, 3.05) is 19.7 Å². The van der Waals surface area contributed by atoms with Crippen LogP contribution in [0.4, 0.5) is 0 Å². The number of carbonyl (C=O) groups excluding carboxylic acids is 1. The van der Waals surface area contributed by atoms with E-state index >= 15 is 0 Å². The molecule has 3 rings (SSSR count). The van der Waals surface area contributed by atoms with Gasteiger partial charge in [-0.3, -0.25) is 9.69 Å². The molecule has 25 heavy (non-hydrogen) atoms. The van der Waals surface area contributed by atoms with Crippen molar-refractivity contribution >= 4 is 5.91 Å². The monoisotopic (exact) mass is 338 g/mol. The van der Waals surface area contributed by atoms with Crippen LogP contribution in [-0.4, -0.2) is 30.5 Å². The molecule has 1 saturated heterocycles. The number of likely N-dealkylation sites (tertiary alicyclic amines) is 1. The zero-order valence-corrected chi connectivity index (χ0v) is 14.8. The standard InChI is InChI=1S/C21H26N2O2/c1-16-5-2-7-18(11-16)19-8-4-10-23(14-19)13-17-6-3-9-20(12-17)25-15-21(22)24/h2-3,5-7,9,11-12,19H,4,8,10,13-15H2,1H3,(H2,22,24). The Kier molecular flexibility index (Phi) is 5.71. The van der Waals surface area contributed by atoms with Crippen LogP contribution in [0.25, 0.3) is 0 Å². The van der Waals surface area contributed by atoms with E-state index in [0.29, 0.717) is 11.7 Å². The molecule has 0 spiro atoms. The first-order valence-electron chi connectivity index (χ1n) is 8.89. The van der Waals surface area contributed by atoms with Gasteiger partial charge >= 0.3 is 0 Å². The highest BCUT2D eigenvalue weighted by Crippen LogP contribution is 2.28. The molecule has 0 saturated carbocycles. The van der Waals surface area contributed by atoms with Gasteiger partial charge in [-0.1, -0.05) is 42.0 Å². The minimum atomic E-state index is -0.456. The number of ether oxygens (including phenoxy) is 1. The van der Waals surface area contributed by atoms with Crippen molar-refractivity contribution in [3.8, 4) is 5.75 Å². The number of hydrogen-bond acceptors (Lipinski definition) is 3. The van der Waals surface area contributed by atoms with Crippen LogP contribution in [0, 0.1) is 6.92 Å². The first-order valence-corrected chi connectivity index (χ1v) is 8.89. The van der Waals surface area contributed by atoms with Crippen molar-refractivity contribution in [1.29, 1.82) is 0 Å². The smallest absolute Gasteiger partial charge is 0.255 e. The summed E-state index contributed by atoms with van der Waals surface area (Å²) in [5, 5.41) is 0. The van der Waals surface area contributed by atoms with Crippen LogP contribution in [0.5, 0.6) is 5.75 Å². The van der Waals surface area contributed by atoms with Crippen LogP contribution in [0.2, 0.25) is 0 Å². The van der Waals surface area contributed by atoms with Crippen LogP contribution in [0.3, 0.4) is 0 Å². The van der Waals surface area contributed by atoms with Crippen molar-refractivity contribution in [2.45, 2.75) is 32.2 Å². The average Bonchev–Trinajstić information content (AvgIpc) is 2.61. The predicted molar refractivity (Wildman–Crippen MR) is 99.6 cm³/mol. The van der Waals surface area contributed by atoms with Crippen LogP contribution in [0.1, 0.15) is 35.4 Å².